The Bertz CT molecular complexity index is 753. The molecule has 2 aromatic rings. The second kappa shape index (κ2) is 9.85. The van der Waals surface area contributed by atoms with Crippen molar-refractivity contribution < 1.29 is 4.79 Å². The van der Waals surface area contributed by atoms with Crippen molar-refractivity contribution in [1.82, 2.24) is 9.80 Å². The summed E-state index contributed by atoms with van der Waals surface area (Å²) in [6, 6.07) is 18.5. The Kier molecular flexibility index (Phi) is 7.24. The number of aryl methyl sites for hydroxylation is 1. The smallest absolute Gasteiger partial charge is 0.241 e. The molecule has 0 bridgehead atoms. The van der Waals surface area contributed by atoms with Gasteiger partial charge in [0.2, 0.25) is 5.91 Å². The molecule has 0 aliphatic carbocycles. The number of benzene rings is 2. The molecule has 28 heavy (non-hydrogen) atoms. The summed E-state index contributed by atoms with van der Waals surface area (Å²) in [6.45, 7) is 8.15. The second-order valence-electron chi connectivity index (χ2n) is 8.14. The Morgan fingerprint density at radius 1 is 1.11 bits per heavy atom. The minimum Gasteiger partial charge on any atom is -0.324 e. The topological polar surface area (TPSA) is 35.6 Å². The SMILES string of the molecule is Cc1ccccc1NC(=O)C(C)N1CCC(CN(C)Cc2ccccc2)CC1. The van der Waals surface area contributed by atoms with Crippen LogP contribution < -0.4 is 5.32 Å². The number of carbonyl (C=O) groups excluding carboxylic acids is 1. The van der Waals surface area contributed by atoms with Crippen LogP contribution in [-0.2, 0) is 11.3 Å². The quantitative estimate of drug-likeness (QED) is 0.784. The maximum absolute atomic E-state index is 12.7. The van der Waals surface area contributed by atoms with Crippen LogP contribution in [0.25, 0.3) is 0 Å². The molecule has 1 N–H and O–H groups in total. The highest BCUT2D eigenvalue weighted by molar-refractivity contribution is 5.95. The van der Waals surface area contributed by atoms with Gasteiger partial charge in [0.05, 0.1) is 6.04 Å². The van der Waals surface area contributed by atoms with Crippen molar-refractivity contribution in [3.8, 4) is 0 Å². The van der Waals surface area contributed by atoms with Crippen LogP contribution in [-0.4, -0.2) is 48.4 Å². The van der Waals surface area contributed by atoms with Crippen LogP contribution in [0.2, 0.25) is 0 Å². The van der Waals surface area contributed by atoms with E-state index in [2.05, 4.69) is 52.5 Å². The van der Waals surface area contributed by atoms with Gasteiger partial charge in [-0.05, 0) is 69.9 Å². The molecule has 1 aliphatic rings. The zero-order valence-electron chi connectivity index (χ0n) is 17.4. The van der Waals surface area contributed by atoms with Gasteiger partial charge in [-0.2, -0.15) is 0 Å². The van der Waals surface area contributed by atoms with Crippen molar-refractivity contribution in [3.63, 3.8) is 0 Å². The lowest BCUT2D eigenvalue weighted by molar-refractivity contribution is -0.121. The van der Waals surface area contributed by atoms with Crippen molar-refractivity contribution in [2.75, 3.05) is 32.0 Å². The number of hydrogen-bond acceptors (Lipinski definition) is 3. The zero-order chi connectivity index (χ0) is 19.9. The highest BCUT2D eigenvalue weighted by Gasteiger charge is 2.27. The third-order valence-corrected chi connectivity index (χ3v) is 5.84. The predicted octanol–water partition coefficient (Wildman–Crippen LogP) is 4.17. The number of nitrogens with one attached hydrogen (secondary N) is 1. The molecule has 4 heteroatoms. The first kappa shape index (κ1) is 20.6. The summed E-state index contributed by atoms with van der Waals surface area (Å²) in [5.74, 6) is 0.797. The average Bonchev–Trinajstić information content (AvgIpc) is 2.70. The van der Waals surface area contributed by atoms with Crippen LogP contribution >= 0.6 is 0 Å². The van der Waals surface area contributed by atoms with Crippen molar-refractivity contribution in [2.45, 2.75) is 39.3 Å². The predicted molar refractivity (Wildman–Crippen MR) is 116 cm³/mol. The van der Waals surface area contributed by atoms with Crippen LogP contribution in [0.5, 0.6) is 0 Å². The van der Waals surface area contributed by atoms with E-state index in [4.69, 9.17) is 0 Å². The van der Waals surface area contributed by atoms with Gasteiger partial charge < -0.3 is 10.2 Å². The van der Waals surface area contributed by atoms with E-state index in [0.717, 1.165) is 50.3 Å². The van der Waals surface area contributed by atoms with Gasteiger partial charge in [0, 0.05) is 18.8 Å². The van der Waals surface area contributed by atoms with E-state index in [-0.39, 0.29) is 11.9 Å². The Hall–Kier alpha value is -2.17. The Balaban J connectivity index is 1.44. The molecular weight excluding hydrogens is 346 g/mol. The number of piperidine rings is 1. The minimum atomic E-state index is -0.0948. The van der Waals surface area contributed by atoms with Crippen molar-refractivity contribution in [2.24, 2.45) is 5.92 Å². The minimum absolute atomic E-state index is 0.0916. The zero-order valence-corrected chi connectivity index (χ0v) is 17.4. The highest BCUT2D eigenvalue weighted by Crippen LogP contribution is 2.21. The molecular formula is C24H33N3O. The van der Waals surface area contributed by atoms with Gasteiger partial charge in [-0.3, -0.25) is 9.69 Å². The van der Waals surface area contributed by atoms with E-state index in [1.54, 1.807) is 0 Å². The molecule has 0 saturated carbocycles. The molecule has 3 rings (SSSR count). The molecule has 1 heterocycles. The van der Waals surface area contributed by atoms with Gasteiger partial charge >= 0.3 is 0 Å². The molecule has 1 saturated heterocycles. The maximum Gasteiger partial charge on any atom is 0.241 e. The molecule has 150 valence electrons. The van der Waals surface area contributed by atoms with Crippen LogP contribution in [0.15, 0.2) is 54.6 Å². The van der Waals surface area contributed by atoms with Crippen LogP contribution in [0.1, 0.15) is 30.9 Å². The number of amides is 1. The molecule has 1 aliphatic heterocycles. The third kappa shape index (κ3) is 5.66. The first-order chi connectivity index (χ1) is 13.5. The largest absolute Gasteiger partial charge is 0.324 e. The molecule has 4 nitrogen and oxygen atoms in total. The summed E-state index contributed by atoms with van der Waals surface area (Å²) in [7, 11) is 2.21. The van der Waals surface area contributed by atoms with Crippen molar-refractivity contribution >= 4 is 11.6 Å². The third-order valence-electron chi connectivity index (χ3n) is 5.84. The molecule has 0 radical (unpaired) electrons. The maximum atomic E-state index is 12.7. The van der Waals surface area contributed by atoms with E-state index in [9.17, 15) is 4.79 Å². The van der Waals surface area contributed by atoms with E-state index in [0.29, 0.717) is 5.92 Å². The first-order valence-electron chi connectivity index (χ1n) is 10.4. The normalized spacial score (nSPS) is 16.9. The number of likely N-dealkylation sites (tertiary alicyclic amines) is 1. The molecule has 0 aromatic heterocycles. The number of carbonyl (C=O) groups is 1. The lowest BCUT2D eigenvalue weighted by Gasteiger charge is -2.36. The lowest BCUT2D eigenvalue weighted by Crippen LogP contribution is -2.47. The van der Waals surface area contributed by atoms with Crippen LogP contribution in [0, 0.1) is 12.8 Å². The first-order valence-corrected chi connectivity index (χ1v) is 10.4. The fourth-order valence-electron chi connectivity index (χ4n) is 4.04. The summed E-state index contributed by atoms with van der Waals surface area (Å²) < 4.78 is 0. The Morgan fingerprint density at radius 2 is 1.75 bits per heavy atom. The molecule has 0 spiro atoms. The number of anilines is 1. The molecule has 1 unspecified atom stereocenters. The number of para-hydroxylation sites is 1. The number of nitrogens with zero attached hydrogens (tertiary/aromatic N) is 2. The standard InChI is InChI=1S/C24H33N3O/c1-19-9-7-8-12-23(19)25-24(28)20(2)27-15-13-22(14-16-27)18-26(3)17-21-10-5-4-6-11-21/h4-12,20,22H,13-18H2,1-3H3,(H,25,28). The fourth-order valence-corrected chi connectivity index (χ4v) is 4.04. The number of rotatable bonds is 7. The average molecular weight is 380 g/mol. The van der Waals surface area contributed by atoms with Gasteiger partial charge in [-0.15, -0.1) is 0 Å². The van der Waals surface area contributed by atoms with Gasteiger partial charge in [-0.25, -0.2) is 0 Å². The summed E-state index contributed by atoms with van der Waals surface area (Å²) >= 11 is 0. The van der Waals surface area contributed by atoms with E-state index < -0.39 is 0 Å². The summed E-state index contributed by atoms with van der Waals surface area (Å²) in [4.78, 5) is 17.4. The molecule has 1 atom stereocenters. The van der Waals surface area contributed by atoms with Gasteiger partial charge in [0.15, 0.2) is 0 Å². The van der Waals surface area contributed by atoms with Crippen molar-refractivity contribution in [1.29, 1.82) is 0 Å². The molecule has 1 fully saturated rings. The van der Waals surface area contributed by atoms with Gasteiger partial charge in [0.25, 0.3) is 0 Å². The molecule has 2 aromatic carbocycles. The Labute approximate surface area is 169 Å². The summed E-state index contributed by atoms with van der Waals surface area (Å²) in [5, 5.41) is 3.09. The van der Waals surface area contributed by atoms with E-state index >= 15 is 0 Å². The number of hydrogen-bond donors (Lipinski definition) is 1. The highest BCUT2D eigenvalue weighted by atomic mass is 16.2. The van der Waals surface area contributed by atoms with Crippen LogP contribution in [0.3, 0.4) is 0 Å². The summed E-state index contributed by atoms with van der Waals surface area (Å²) in [5.41, 5.74) is 3.38. The second-order valence-corrected chi connectivity index (χ2v) is 8.14. The monoisotopic (exact) mass is 379 g/mol. The fraction of sp³-hybridized carbons (Fsp3) is 0.458. The van der Waals surface area contributed by atoms with E-state index in [1.807, 2.05) is 38.1 Å². The summed E-state index contributed by atoms with van der Waals surface area (Å²) in [6.07, 6.45) is 2.31. The Morgan fingerprint density at radius 3 is 2.43 bits per heavy atom. The van der Waals surface area contributed by atoms with Gasteiger partial charge in [0.1, 0.15) is 0 Å². The van der Waals surface area contributed by atoms with Gasteiger partial charge in [-0.1, -0.05) is 48.5 Å². The van der Waals surface area contributed by atoms with Crippen LogP contribution in [0.4, 0.5) is 5.69 Å². The van der Waals surface area contributed by atoms with Crippen molar-refractivity contribution in [3.05, 3.63) is 65.7 Å². The molecule has 1 amide bonds. The van der Waals surface area contributed by atoms with E-state index in [1.165, 1.54) is 5.56 Å². The lowest BCUT2D eigenvalue weighted by atomic mass is 9.95.